The van der Waals surface area contributed by atoms with E-state index in [1.165, 1.54) is 0 Å². The van der Waals surface area contributed by atoms with Gasteiger partial charge in [0.05, 0.1) is 30.3 Å². The smallest absolute Gasteiger partial charge is 0.255 e. The molecule has 2 amide bonds. The zero-order valence-corrected chi connectivity index (χ0v) is 16.5. The molecule has 2 N–H and O–H groups in total. The Labute approximate surface area is 174 Å². The highest BCUT2D eigenvalue weighted by atomic mass is 16.5. The topological polar surface area (TPSA) is 109 Å². The Hall–Kier alpha value is -4.12. The Kier molecular flexibility index (Phi) is 6.79. The molecule has 0 bridgehead atoms. The maximum Gasteiger partial charge on any atom is 0.255 e. The summed E-state index contributed by atoms with van der Waals surface area (Å²) in [5, 5.41) is 14.7. The number of nitrogens with zero attached hydrogens (tertiary/aromatic N) is 3. The number of aromatic nitrogens is 2. The molecule has 8 heteroatoms. The predicted molar refractivity (Wildman–Crippen MR) is 112 cm³/mol. The van der Waals surface area contributed by atoms with Crippen LogP contribution in [0, 0.1) is 11.3 Å². The number of hydrogen-bond donors (Lipinski definition) is 2. The summed E-state index contributed by atoms with van der Waals surface area (Å²) in [4.78, 5) is 28.8. The van der Waals surface area contributed by atoms with Crippen molar-refractivity contribution in [3.05, 3.63) is 72.3 Å². The summed E-state index contributed by atoms with van der Waals surface area (Å²) in [6, 6.07) is 13.5. The summed E-state index contributed by atoms with van der Waals surface area (Å²) in [7, 11) is 0. The summed E-state index contributed by atoms with van der Waals surface area (Å²) in [5.74, 6) is -0.0593. The molecule has 0 saturated carbocycles. The van der Waals surface area contributed by atoms with Crippen LogP contribution in [0.2, 0.25) is 0 Å². The van der Waals surface area contributed by atoms with Crippen LogP contribution >= 0.6 is 0 Å². The lowest BCUT2D eigenvalue weighted by Gasteiger charge is -2.12. The van der Waals surface area contributed by atoms with Gasteiger partial charge < -0.3 is 19.9 Å². The fourth-order valence-corrected chi connectivity index (χ4v) is 2.78. The van der Waals surface area contributed by atoms with Gasteiger partial charge in [-0.2, -0.15) is 5.26 Å². The number of nitrogens with one attached hydrogen (secondary N) is 2. The van der Waals surface area contributed by atoms with E-state index in [0.29, 0.717) is 41.4 Å². The van der Waals surface area contributed by atoms with Gasteiger partial charge in [0.2, 0.25) is 5.91 Å². The number of hydrogen-bond acceptors (Lipinski definition) is 5. The van der Waals surface area contributed by atoms with Gasteiger partial charge >= 0.3 is 0 Å². The molecule has 0 fully saturated rings. The molecular weight excluding hydrogens is 382 g/mol. The van der Waals surface area contributed by atoms with Crippen LogP contribution in [0.3, 0.4) is 0 Å². The lowest BCUT2D eigenvalue weighted by molar-refractivity contribution is -0.116. The maximum atomic E-state index is 12.7. The molecule has 3 rings (SSSR count). The fraction of sp³-hybridized carbons (Fsp3) is 0.182. The summed E-state index contributed by atoms with van der Waals surface area (Å²) in [6.07, 6.45) is 5.38. The van der Waals surface area contributed by atoms with E-state index >= 15 is 0 Å². The lowest BCUT2D eigenvalue weighted by Crippen LogP contribution is -2.16. The Morgan fingerprint density at radius 2 is 2.07 bits per heavy atom. The summed E-state index contributed by atoms with van der Waals surface area (Å²) < 4.78 is 7.33. The Bertz CT molecular complexity index is 1070. The third-order valence-electron chi connectivity index (χ3n) is 4.22. The Balaban J connectivity index is 1.67. The number of carbonyl (C=O) groups excluding carboxylic acids is 2. The SMILES string of the molecule is CCOc1ccc(C#N)cc1NC(=O)c1cccc(NC(=O)CCn2ccnc2)c1. The molecule has 152 valence electrons. The number of aryl methyl sites for hydroxylation is 1. The van der Waals surface area contributed by atoms with Crippen molar-refractivity contribution in [1.29, 1.82) is 5.26 Å². The first-order valence-corrected chi connectivity index (χ1v) is 9.43. The normalized spacial score (nSPS) is 10.1. The van der Waals surface area contributed by atoms with E-state index in [9.17, 15) is 9.59 Å². The van der Waals surface area contributed by atoms with Gasteiger partial charge in [0.25, 0.3) is 5.91 Å². The van der Waals surface area contributed by atoms with Crippen LogP contribution in [-0.4, -0.2) is 28.0 Å². The summed E-state index contributed by atoms with van der Waals surface area (Å²) in [6.45, 7) is 2.78. The molecule has 1 aromatic heterocycles. The van der Waals surface area contributed by atoms with E-state index in [1.54, 1.807) is 61.2 Å². The van der Waals surface area contributed by atoms with E-state index in [-0.39, 0.29) is 18.2 Å². The number of nitriles is 1. The van der Waals surface area contributed by atoms with Gasteiger partial charge in [-0.05, 0) is 43.3 Å². The average Bonchev–Trinajstić information content (AvgIpc) is 3.27. The van der Waals surface area contributed by atoms with Crippen molar-refractivity contribution in [2.45, 2.75) is 19.9 Å². The molecular formula is C22H21N5O3. The molecule has 0 spiro atoms. The quantitative estimate of drug-likeness (QED) is 0.599. The van der Waals surface area contributed by atoms with Crippen LogP contribution in [0.15, 0.2) is 61.2 Å². The van der Waals surface area contributed by atoms with Crippen molar-refractivity contribution in [3.63, 3.8) is 0 Å². The Morgan fingerprint density at radius 1 is 1.20 bits per heavy atom. The molecule has 1 heterocycles. The van der Waals surface area contributed by atoms with Crippen LogP contribution in [0.5, 0.6) is 5.75 Å². The van der Waals surface area contributed by atoms with Crippen molar-refractivity contribution in [3.8, 4) is 11.8 Å². The van der Waals surface area contributed by atoms with Crippen molar-refractivity contribution in [2.24, 2.45) is 0 Å². The molecule has 0 aliphatic carbocycles. The largest absolute Gasteiger partial charge is 0.492 e. The van der Waals surface area contributed by atoms with Crippen LogP contribution in [0.1, 0.15) is 29.3 Å². The number of amides is 2. The zero-order valence-electron chi connectivity index (χ0n) is 16.5. The maximum absolute atomic E-state index is 12.7. The van der Waals surface area contributed by atoms with Crippen LogP contribution in [-0.2, 0) is 11.3 Å². The number of imidazole rings is 1. The van der Waals surface area contributed by atoms with Gasteiger partial charge in [-0.1, -0.05) is 6.07 Å². The van der Waals surface area contributed by atoms with E-state index in [1.807, 2.05) is 17.6 Å². The molecule has 0 atom stereocenters. The second-order valence-corrected chi connectivity index (χ2v) is 6.39. The van der Waals surface area contributed by atoms with Crippen molar-refractivity contribution >= 4 is 23.2 Å². The highest BCUT2D eigenvalue weighted by molar-refractivity contribution is 6.06. The molecule has 0 unspecified atom stereocenters. The fourth-order valence-electron chi connectivity index (χ4n) is 2.78. The molecule has 3 aromatic rings. The summed E-state index contributed by atoms with van der Waals surface area (Å²) >= 11 is 0. The first kappa shape index (κ1) is 20.6. The highest BCUT2D eigenvalue weighted by Crippen LogP contribution is 2.26. The van der Waals surface area contributed by atoms with Crippen molar-refractivity contribution < 1.29 is 14.3 Å². The van der Waals surface area contributed by atoms with E-state index in [2.05, 4.69) is 15.6 Å². The molecule has 2 aromatic carbocycles. The summed E-state index contributed by atoms with van der Waals surface area (Å²) in [5.41, 5.74) is 1.71. The second kappa shape index (κ2) is 9.89. The molecule has 0 aliphatic heterocycles. The number of rotatable bonds is 8. The van der Waals surface area contributed by atoms with Crippen LogP contribution in [0.4, 0.5) is 11.4 Å². The van der Waals surface area contributed by atoms with Gasteiger partial charge in [-0.15, -0.1) is 0 Å². The minimum atomic E-state index is -0.374. The molecule has 8 nitrogen and oxygen atoms in total. The van der Waals surface area contributed by atoms with E-state index in [0.717, 1.165) is 0 Å². The monoisotopic (exact) mass is 403 g/mol. The standard InChI is InChI=1S/C22H21N5O3/c1-2-30-20-7-6-16(14-23)12-19(20)26-22(29)17-4-3-5-18(13-17)25-21(28)8-10-27-11-9-24-15-27/h3-7,9,11-13,15H,2,8,10H2,1H3,(H,25,28)(H,26,29). The van der Waals surface area contributed by atoms with E-state index in [4.69, 9.17) is 10.00 Å². The third kappa shape index (κ3) is 5.45. The zero-order chi connectivity index (χ0) is 21.3. The highest BCUT2D eigenvalue weighted by Gasteiger charge is 2.12. The molecule has 30 heavy (non-hydrogen) atoms. The number of anilines is 2. The lowest BCUT2D eigenvalue weighted by atomic mass is 10.1. The van der Waals surface area contributed by atoms with Crippen molar-refractivity contribution in [1.82, 2.24) is 9.55 Å². The second-order valence-electron chi connectivity index (χ2n) is 6.39. The third-order valence-corrected chi connectivity index (χ3v) is 4.22. The van der Waals surface area contributed by atoms with Gasteiger partial charge in [0, 0.05) is 36.6 Å². The van der Waals surface area contributed by atoms with Crippen LogP contribution in [0.25, 0.3) is 0 Å². The van der Waals surface area contributed by atoms with Crippen molar-refractivity contribution in [2.75, 3.05) is 17.2 Å². The Morgan fingerprint density at radius 3 is 2.80 bits per heavy atom. The molecule has 0 aliphatic rings. The average molecular weight is 403 g/mol. The molecule has 0 radical (unpaired) electrons. The number of carbonyl (C=O) groups is 2. The minimum Gasteiger partial charge on any atom is -0.492 e. The minimum absolute atomic E-state index is 0.165. The van der Waals surface area contributed by atoms with Gasteiger partial charge in [-0.25, -0.2) is 4.98 Å². The first-order valence-electron chi connectivity index (χ1n) is 9.43. The molecule has 0 saturated heterocycles. The van der Waals surface area contributed by atoms with Gasteiger partial charge in [-0.3, -0.25) is 9.59 Å². The van der Waals surface area contributed by atoms with Gasteiger partial charge in [0.1, 0.15) is 5.75 Å². The predicted octanol–water partition coefficient (Wildman–Crippen LogP) is 3.43. The van der Waals surface area contributed by atoms with E-state index < -0.39 is 0 Å². The van der Waals surface area contributed by atoms with Crippen LogP contribution < -0.4 is 15.4 Å². The first-order chi connectivity index (χ1) is 14.6. The number of benzene rings is 2. The number of ether oxygens (including phenoxy) is 1. The van der Waals surface area contributed by atoms with Gasteiger partial charge in [0.15, 0.2) is 0 Å².